The van der Waals surface area contributed by atoms with Crippen LogP contribution in [0, 0.1) is 11.3 Å². The normalized spacial score (nSPS) is 28.0. The highest BCUT2D eigenvalue weighted by molar-refractivity contribution is 5.08. The lowest BCUT2D eigenvalue weighted by Gasteiger charge is -2.58. The second-order valence-corrected chi connectivity index (χ2v) is 7.36. The van der Waals surface area contributed by atoms with Crippen molar-refractivity contribution in [1.82, 2.24) is 5.32 Å². The average molecular weight is 297 g/mol. The van der Waals surface area contributed by atoms with E-state index >= 15 is 0 Å². The molecule has 0 aliphatic heterocycles. The summed E-state index contributed by atoms with van der Waals surface area (Å²) in [6.07, 6.45) is 9.77. The van der Waals surface area contributed by atoms with Crippen LogP contribution in [0.25, 0.3) is 0 Å². The zero-order valence-corrected chi connectivity index (χ0v) is 14.3. The third-order valence-electron chi connectivity index (χ3n) is 5.21. The minimum Gasteiger partial charge on any atom is -0.379 e. The molecule has 0 saturated heterocycles. The maximum absolute atomic E-state index is 6.20. The Labute approximate surface area is 131 Å². The molecule has 2 saturated carbocycles. The van der Waals surface area contributed by atoms with Crippen LogP contribution in [0.4, 0.5) is 0 Å². The fourth-order valence-corrected chi connectivity index (χ4v) is 4.04. The van der Waals surface area contributed by atoms with Crippen molar-refractivity contribution in [2.45, 2.75) is 77.9 Å². The van der Waals surface area contributed by atoms with E-state index in [2.05, 4.69) is 26.1 Å². The van der Waals surface area contributed by atoms with Crippen molar-refractivity contribution in [3.8, 4) is 0 Å². The zero-order valence-electron chi connectivity index (χ0n) is 14.3. The van der Waals surface area contributed by atoms with Crippen LogP contribution in [0.2, 0.25) is 0 Å². The van der Waals surface area contributed by atoms with Crippen molar-refractivity contribution < 1.29 is 9.47 Å². The van der Waals surface area contributed by atoms with Gasteiger partial charge in [0, 0.05) is 18.1 Å². The van der Waals surface area contributed by atoms with Gasteiger partial charge < -0.3 is 14.8 Å². The van der Waals surface area contributed by atoms with E-state index in [1.165, 1.54) is 44.9 Å². The van der Waals surface area contributed by atoms with E-state index in [0.717, 1.165) is 26.4 Å². The van der Waals surface area contributed by atoms with Gasteiger partial charge >= 0.3 is 0 Å². The number of nitrogens with one attached hydrogen (secondary N) is 1. The molecule has 2 aliphatic carbocycles. The Balaban J connectivity index is 1.74. The molecule has 0 amide bonds. The van der Waals surface area contributed by atoms with E-state index in [9.17, 15) is 0 Å². The predicted molar refractivity (Wildman–Crippen MR) is 87.6 cm³/mol. The van der Waals surface area contributed by atoms with Gasteiger partial charge in [0.2, 0.25) is 0 Å². The Hall–Kier alpha value is -0.120. The first-order valence-corrected chi connectivity index (χ1v) is 9.11. The molecular formula is C18H35NO2. The van der Waals surface area contributed by atoms with Gasteiger partial charge in [-0.25, -0.2) is 0 Å². The van der Waals surface area contributed by atoms with Crippen molar-refractivity contribution >= 4 is 0 Å². The van der Waals surface area contributed by atoms with Gasteiger partial charge in [0.1, 0.15) is 0 Å². The smallest absolute Gasteiger partial charge is 0.0704 e. The third kappa shape index (κ3) is 4.43. The Morgan fingerprint density at radius 3 is 2.57 bits per heavy atom. The molecule has 21 heavy (non-hydrogen) atoms. The van der Waals surface area contributed by atoms with Crippen LogP contribution in [0.5, 0.6) is 0 Å². The molecule has 1 spiro atoms. The Morgan fingerprint density at radius 2 is 1.90 bits per heavy atom. The van der Waals surface area contributed by atoms with E-state index in [1.54, 1.807) is 0 Å². The summed E-state index contributed by atoms with van der Waals surface area (Å²) in [6, 6.07) is 0.694. The van der Waals surface area contributed by atoms with Crippen LogP contribution in [0.1, 0.15) is 65.7 Å². The lowest BCUT2D eigenvalue weighted by molar-refractivity contribution is -0.159. The lowest BCUT2D eigenvalue weighted by atomic mass is 9.55. The van der Waals surface area contributed by atoms with Gasteiger partial charge in [-0.15, -0.1) is 0 Å². The van der Waals surface area contributed by atoms with E-state index in [1.807, 2.05) is 0 Å². The monoisotopic (exact) mass is 297 g/mol. The van der Waals surface area contributed by atoms with E-state index in [0.29, 0.717) is 23.5 Å². The van der Waals surface area contributed by atoms with Gasteiger partial charge in [-0.1, -0.05) is 40.0 Å². The first kappa shape index (κ1) is 17.2. The van der Waals surface area contributed by atoms with Gasteiger partial charge in [-0.3, -0.25) is 0 Å². The van der Waals surface area contributed by atoms with Gasteiger partial charge in [0.05, 0.1) is 19.3 Å². The second kappa shape index (κ2) is 8.50. The summed E-state index contributed by atoms with van der Waals surface area (Å²) in [5, 5.41) is 3.76. The number of hydrogen-bond donors (Lipinski definition) is 1. The maximum Gasteiger partial charge on any atom is 0.0704 e. The molecule has 0 radical (unpaired) electrons. The molecule has 0 bridgehead atoms. The van der Waals surface area contributed by atoms with Crippen molar-refractivity contribution in [3.63, 3.8) is 0 Å². The highest BCUT2D eigenvalue weighted by Gasteiger charge is 2.55. The van der Waals surface area contributed by atoms with Gasteiger partial charge in [-0.2, -0.15) is 0 Å². The Morgan fingerprint density at radius 1 is 1.14 bits per heavy atom. The summed E-state index contributed by atoms with van der Waals surface area (Å²) in [7, 11) is 0. The summed E-state index contributed by atoms with van der Waals surface area (Å²) in [4.78, 5) is 0. The summed E-state index contributed by atoms with van der Waals surface area (Å²) in [5.41, 5.74) is 0.436. The molecule has 2 rings (SSSR count). The standard InChI is InChI=1S/C18H35NO2/c1-4-10-19-16-13-17(18(16)8-6-5-7-9-18)21-12-11-20-14-15(2)3/h15-17,19H,4-14H2,1-3H3. The van der Waals surface area contributed by atoms with E-state index in [-0.39, 0.29) is 0 Å². The highest BCUT2D eigenvalue weighted by atomic mass is 16.5. The SMILES string of the molecule is CCCNC1CC(OCCOCC(C)C)C12CCCCC2. The van der Waals surface area contributed by atoms with Crippen LogP contribution in [0.3, 0.4) is 0 Å². The summed E-state index contributed by atoms with van der Waals surface area (Å²) < 4.78 is 11.8. The van der Waals surface area contributed by atoms with Crippen molar-refractivity contribution in [3.05, 3.63) is 0 Å². The fourth-order valence-electron chi connectivity index (χ4n) is 4.04. The largest absolute Gasteiger partial charge is 0.379 e. The molecule has 124 valence electrons. The quantitative estimate of drug-likeness (QED) is 0.657. The molecule has 2 aliphatic rings. The summed E-state index contributed by atoms with van der Waals surface area (Å²) in [6.45, 7) is 10.1. The van der Waals surface area contributed by atoms with Crippen molar-refractivity contribution in [2.24, 2.45) is 11.3 Å². The first-order valence-electron chi connectivity index (χ1n) is 9.11. The first-order chi connectivity index (χ1) is 10.2. The third-order valence-corrected chi connectivity index (χ3v) is 5.21. The van der Waals surface area contributed by atoms with Crippen molar-refractivity contribution in [2.75, 3.05) is 26.4 Å². The molecule has 1 N–H and O–H groups in total. The molecular weight excluding hydrogens is 262 g/mol. The molecule has 0 aromatic rings. The molecule has 0 heterocycles. The summed E-state index contributed by atoms with van der Waals surface area (Å²) in [5.74, 6) is 0.612. The van der Waals surface area contributed by atoms with Crippen LogP contribution in [-0.4, -0.2) is 38.5 Å². The van der Waals surface area contributed by atoms with Crippen LogP contribution >= 0.6 is 0 Å². The fraction of sp³-hybridized carbons (Fsp3) is 1.00. The number of rotatable bonds is 9. The highest BCUT2D eigenvalue weighted by Crippen LogP contribution is 2.53. The summed E-state index contributed by atoms with van der Waals surface area (Å²) >= 11 is 0. The average Bonchev–Trinajstić information content (AvgIpc) is 2.49. The molecule has 2 unspecified atom stereocenters. The van der Waals surface area contributed by atoms with Crippen LogP contribution in [0.15, 0.2) is 0 Å². The van der Waals surface area contributed by atoms with Gasteiger partial charge in [-0.05, 0) is 38.1 Å². The minimum absolute atomic E-state index is 0.436. The van der Waals surface area contributed by atoms with Gasteiger partial charge in [0.15, 0.2) is 0 Å². The van der Waals surface area contributed by atoms with E-state index < -0.39 is 0 Å². The molecule has 2 fully saturated rings. The molecule has 3 heteroatoms. The molecule has 2 atom stereocenters. The maximum atomic E-state index is 6.20. The molecule has 3 nitrogen and oxygen atoms in total. The Bertz CT molecular complexity index is 287. The van der Waals surface area contributed by atoms with E-state index in [4.69, 9.17) is 9.47 Å². The molecule has 0 aromatic heterocycles. The van der Waals surface area contributed by atoms with Gasteiger partial charge in [0.25, 0.3) is 0 Å². The topological polar surface area (TPSA) is 30.5 Å². The Kier molecular flexibility index (Phi) is 6.97. The van der Waals surface area contributed by atoms with Crippen molar-refractivity contribution in [1.29, 1.82) is 0 Å². The number of ether oxygens (including phenoxy) is 2. The zero-order chi connectivity index (χ0) is 15.1. The van der Waals surface area contributed by atoms with Crippen LogP contribution in [-0.2, 0) is 9.47 Å². The van der Waals surface area contributed by atoms with Crippen LogP contribution < -0.4 is 5.32 Å². The second-order valence-electron chi connectivity index (χ2n) is 7.36. The predicted octanol–water partition coefficient (Wildman–Crippen LogP) is 3.77. The molecule has 0 aromatic carbocycles. The minimum atomic E-state index is 0.436. The number of hydrogen-bond acceptors (Lipinski definition) is 3. The lowest BCUT2D eigenvalue weighted by Crippen LogP contribution is -2.64.